The molecule has 3 N–H and O–H groups in total. The molecule has 0 spiro atoms. The second-order valence-electron chi connectivity index (χ2n) is 3.07. The number of aromatic nitrogens is 1. The lowest BCUT2D eigenvalue weighted by atomic mass is 10.1. The molecule has 1 aromatic carbocycles. The SMILES string of the molecule is Nc1cc(Cl)c2cc(C(=O)O)ccc2n1. The first kappa shape index (κ1) is 9.73. The quantitative estimate of drug-likeness (QED) is 0.775. The monoisotopic (exact) mass is 222 g/mol. The zero-order chi connectivity index (χ0) is 11.0. The molecule has 4 nitrogen and oxygen atoms in total. The predicted molar refractivity (Wildman–Crippen MR) is 58.1 cm³/mol. The molecule has 2 rings (SSSR count). The van der Waals surface area contributed by atoms with E-state index in [4.69, 9.17) is 22.4 Å². The van der Waals surface area contributed by atoms with Crippen LogP contribution in [0, 0.1) is 0 Å². The maximum absolute atomic E-state index is 10.7. The summed E-state index contributed by atoms with van der Waals surface area (Å²) in [4.78, 5) is 14.8. The minimum atomic E-state index is -0.996. The molecule has 0 aliphatic rings. The van der Waals surface area contributed by atoms with Gasteiger partial charge >= 0.3 is 5.97 Å². The van der Waals surface area contributed by atoms with E-state index < -0.39 is 5.97 Å². The summed E-state index contributed by atoms with van der Waals surface area (Å²) in [5, 5.41) is 9.79. The summed E-state index contributed by atoms with van der Waals surface area (Å²) < 4.78 is 0. The van der Waals surface area contributed by atoms with E-state index in [0.717, 1.165) is 0 Å². The Kier molecular flexibility index (Phi) is 2.21. The van der Waals surface area contributed by atoms with Crippen LogP contribution in [0.25, 0.3) is 10.9 Å². The van der Waals surface area contributed by atoms with Crippen molar-refractivity contribution in [2.75, 3.05) is 5.73 Å². The molecule has 0 bridgehead atoms. The average Bonchev–Trinajstić information content (AvgIpc) is 2.16. The van der Waals surface area contributed by atoms with Gasteiger partial charge in [-0.1, -0.05) is 11.6 Å². The normalized spacial score (nSPS) is 10.5. The van der Waals surface area contributed by atoms with E-state index in [9.17, 15) is 4.79 Å². The van der Waals surface area contributed by atoms with Gasteiger partial charge in [0.05, 0.1) is 16.1 Å². The highest BCUT2D eigenvalue weighted by molar-refractivity contribution is 6.35. The van der Waals surface area contributed by atoms with E-state index in [1.807, 2.05) is 0 Å². The van der Waals surface area contributed by atoms with Crippen molar-refractivity contribution < 1.29 is 9.90 Å². The van der Waals surface area contributed by atoms with Crippen molar-refractivity contribution in [1.82, 2.24) is 4.98 Å². The number of halogens is 1. The molecule has 0 atom stereocenters. The van der Waals surface area contributed by atoms with E-state index in [-0.39, 0.29) is 5.56 Å². The number of fused-ring (bicyclic) bond motifs is 1. The van der Waals surface area contributed by atoms with Crippen molar-refractivity contribution in [3.8, 4) is 0 Å². The van der Waals surface area contributed by atoms with E-state index in [0.29, 0.717) is 21.7 Å². The summed E-state index contributed by atoms with van der Waals surface area (Å²) in [7, 11) is 0. The average molecular weight is 223 g/mol. The minimum Gasteiger partial charge on any atom is -0.478 e. The van der Waals surface area contributed by atoms with Crippen LogP contribution in [0.15, 0.2) is 24.3 Å². The lowest BCUT2D eigenvalue weighted by molar-refractivity contribution is 0.0697. The third-order valence-corrected chi connectivity index (χ3v) is 2.34. The number of carbonyl (C=O) groups is 1. The second kappa shape index (κ2) is 3.40. The number of nitrogens with two attached hydrogens (primary N) is 1. The number of benzene rings is 1. The van der Waals surface area contributed by atoms with Crippen LogP contribution in [-0.4, -0.2) is 16.1 Å². The number of rotatable bonds is 1. The molecular formula is C10H7ClN2O2. The smallest absolute Gasteiger partial charge is 0.335 e. The van der Waals surface area contributed by atoms with E-state index >= 15 is 0 Å². The van der Waals surface area contributed by atoms with Gasteiger partial charge in [0.2, 0.25) is 0 Å². The van der Waals surface area contributed by atoms with E-state index in [1.54, 1.807) is 6.07 Å². The van der Waals surface area contributed by atoms with Gasteiger partial charge in [-0.25, -0.2) is 9.78 Å². The molecule has 1 heterocycles. The molecule has 0 amide bonds. The van der Waals surface area contributed by atoms with Gasteiger partial charge in [0, 0.05) is 5.39 Å². The third kappa shape index (κ3) is 1.71. The predicted octanol–water partition coefficient (Wildman–Crippen LogP) is 2.17. The summed E-state index contributed by atoms with van der Waals surface area (Å²) in [6, 6.07) is 6.02. The molecule has 0 unspecified atom stereocenters. The highest BCUT2D eigenvalue weighted by atomic mass is 35.5. The molecule has 0 fully saturated rings. The molecule has 5 heteroatoms. The fourth-order valence-electron chi connectivity index (χ4n) is 1.34. The highest BCUT2D eigenvalue weighted by Crippen LogP contribution is 2.24. The number of carboxylic acid groups (broad SMARTS) is 1. The van der Waals surface area contributed by atoms with Crippen molar-refractivity contribution >= 4 is 34.3 Å². The van der Waals surface area contributed by atoms with Gasteiger partial charge in [0.1, 0.15) is 5.82 Å². The summed E-state index contributed by atoms with van der Waals surface area (Å²) in [5.74, 6) is -0.680. The van der Waals surface area contributed by atoms with E-state index in [1.165, 1.54) is 18.2 Å². The molecule has 15 heavy (non-hydrogen) atoms. The number of hydrogen-bond acceptors (Lipinski definition) is 3. The van der Waals surface area contributed by atoms with Gasteiger partial charge in [0.15, 0.2) is 0 Å². The van der Waals surface area contributed by atoms with Crippen LogP contribution in [0.4, 0.5) is 5.82 Å². The van der Waals surface area contributed by atoms with Crippen molar-refractivity contribution in [2.45, 2.75) is 0 Å². The molecule has 0 saturated heterocycles. The van der Waals surface area contributed by atoms with Crippen LogP contribution in [0.3, 0.4) is 0 Å². The summed E-state index contributed by atoms with van der Waals surface area (Å²) in [6.07, 6.45) is 0. The largest absolute Gasteiger partial charge is 0.478 e. The van der Waals surface area contributed by atoms with Gasteiger partial charge in [-0.05, 0) is 24.3 Å². The maximum Gasteiger partial charge on any atom is 0.335 e. The van der Waals surface area contributed by atoms with Crippen LogP contribution < -0.4 is 5.73 Å². The fourth-order valence-corrected chi connectivity index (χ4v) is 1.60. The molecule has 0 aliphatic heterocycles. The van der Waals surface area contributed by atoms with Crippen LogP contribution in [0.1, 0.15) is 10.4 Å². The summed E-state index contributed by atoms with van der Waals surface area (Å²) in [5.41, 5.74) is 6.28. The Morgan fingerprint density at radius 1 is 1.40 bits per heavy atom. The van der Waals surface area contributed by atoms with Crippen LogP contribution in [-0.2, 0) is 0 Å². The Morgan fingerprint density at radius 2 is 2.13 bits per heavy atom. The Morgan fingerprint density at radius 3 is 2.80 bits per heavy atom. The molecule has 0 aliphatic carbocycles. The van der Waals surface area contributed by atoms with Gasteiger partial charge in [0.25, 0.3) is 0 Å². The summed E-state index contributed by atoms with van der Waals surface area (Å²) in [6.45, 7) is 0. The molecule has 0 radical (unpaired) electrons. The molecule has 76 valence electrons. The number of carboxylic acids is 1. The standard InChI is InChI=1S/C10H7ClN2O2/c11-7-4-9(12)13-8-2-1-5(10(14)15)3-6(7)8/h1-4H,(H2,12,13)(H,14,15). The Hall–Kier alpha value is -1.81. The highest BCUT2D eigenvalue weighted by Gasteiger charge is 2.07. The van der Waals surface area contributed by atoms with Gasteiger partial charge < -0.3 is 10.8 Å². The minimum absolute atomic E-state index is 0.177. The third-order valence-electron chi connectivity index (χ3n) is 2.02. The van der Waals surface area contributed by atoms with Crippen LogP contribution in [0.2, 0.25) is 5.02 Å². The number of nitrogens with zero attached hydrogens (tertiary/aromatic N) is 1. The molecule has 2 aromatic rings. The van der Waals surface area contributed by atoms with Gasteiger partial charge in [-0.3, -0.25) is 0 Å². The summed E-state index contributed by atoms with van der Waals surface area (Å²) >= 11 is 5.93. The Labute approximate surface area is 90.3 Å². The Bertz CT molecular complexity index is 554. The van der Waals surface area contributed by atoms with Crippen LogP contribution in [0.5, 0.6) is 0 Å². The molecule has 1 aromatic heterocycles. The lowest BCUT2D eigenvalue weighted by Crippen LogP contribution is -1.97. The number of pyridine rings is 1. The molecular weight excluding hydrogens is 216 g/mol. The number of anilines is 1. The second-order valence-corrected chi connectivity index (χ2v) is 3.47. The number of hydrogen-bond donors (Lipinski definition) is 2. The zero-order valence-electron chi connectivity index (χ0n) is 7.57. The van der Waals surface area contributed by atoms with Crippen LogP contribution >= 0.6 is 11.6 Å². The first-order chi connectivity index (χ1) is 7.08. The molecule has 0 saturated carbocycles. The van der Waals surface area contributed by atoms with Crippen molar-refractivity contribution in [3.05, 3.63) is 34.9 Å². The van der Waals surface area contributed by atoms with Gasteiger partial charge in [-0.2, -0.15) is 0 Å². The van der Waals surface area contributed by atoms with E-state index in [2.05, 4.69) is 4.98 Å². The first-order valence-corrected chi connectivity index (χ1v) is 4.55. The lowest BCUT2D eigenvalue weighted by Gasteiger charge is -2.02. The Balaban J connectivity index is 2.76. The van der Waals surface area contributed by atoms with Crippen molar-refractivity contribution in [2.24, 2.45) is 0 Å². The van der Waals surface area contributed by atoms with Gasteiger partial charge in [-0.15, -0.1) is 0 Å². The number of nitrogen functional groups attached to an aromatic ring is 1. The number of aromatic carboxylic acids is 1. The van der Waals surface area contributed by atoms with Crippen molar-refractivity contribution in [3.63, 3.8) is 0 Å². The maximum atomic E-state index is 10.7. The first-order valence-electron chi connectivity index (χ1n) is 4.17. The topological polar surface area (TPSA) is 76.2 Å². The van der Waals surface area contributed by atoms with Crippen molar-refractivity contribution in [1.29, 1.82) is 0 Å². The zero-order valence-corrected chi connectivity index (χ0v) is 8.32. The fraction of sp³-hybridized carbons (Fsp3) is 0.